The van der Waals surface area contributed by atoms with E-state index in [-0.39, 0.29) is 18.1 Å². The Labute approximate surface area is 137 Å². The largest absolute Gasteiger partial charge is 0.377 e. The van der Waals surface area contributed by atoms with Crippen molar-refractivity contribution in [3.63, 3.8) is 0 Å². The Morgan fingerprint density at radius 1 is 1.39 bits per heavy atom. The molecule has 23 heavy (non-hydrogen) atoms. The Morgan fingerprint density at radius 3 is 2.78 bits per heavy atom. The molecule has 1 saturated heterocycles. The molecule has 2 N–H and O–H groups in total. The number of nitrogens with zero attached hydrogens (tertiary/aromatic N) is 1. The molecule has 0 radical (unpaired) electrons. The highest BCUT2D eigenvalue weighted by Gasteiger charge is 2.30. The van der Waals surface area contributed by atoms with Crippen molar-refractivity contribution in [2.75, 3.05) is 19.7 Å². The molecule has 2 aliphatic rings. The lowest BCUT2D eigenvalue weighted by molar-refractivity contribution is 0.0411. The van der Waals surface area contributed by atoms with Crippen molar-refractivity contribution < 1.29 is 14.1 Å². The predicted octanol–water partition coefficient (Wildman–Crippen LogP) is 2.08. The second-order valence-electron chi connectivity index (χ2n) is 6.94. The summed E-state index contributed by atoms with van der Waals surface area (Å²) in [5.74, 6) is 1.59. The standard InChI is InChI=1S/C17H27N3O3/c1-11(2)22-10-15(12-5-7-18-8-6-12)19-17(21)14-9-16(23-20-14)13-3-4-13/h9,11-13,15,18H,3-8,10H2,1-2H3,(H,19,21). The fraction of sp³-hybridized carbons (Fsp3) is 0.765. The van der Waals surface area contributed by atoms with Crippen LogP contribution in [0.3, 0.4) is 0 Å². The van der Waals surface area contributed by atoms with Gasteiger partial charge in [-0.15, -0.1) is 0 Å². The molecule has 6 heteroatoms. The minimum absolute atomic E-state index is 0.0214. The number of nitrogens with one attached hydrogen (secondary N) is 2. The number of carbonyl (C=O) groups excluding carboxylic acids is 1. The van der Waals surface area contributed by atoms with Gasteiger partial charge in [0, 0.05) is 12.0 Å². The third-order valence-corrected chi connectivity index (χ3v) is 4.62. The van der Waals surface area contributed by atoms with Gasteiger partial charge in [0.2, 0.25) is 0 Å². The average molecular weight is 321 g/mol. The van der Waals surface area contributed by atoms with Crippen LogP contribution in [0.1, 0.15) is 61.7 Å². The van der Waals surface area contributed by atoms with Crippen molar-refractivity contribution >= 4 is 5.91 Å². The molecule has 1 unspecified atom stereocenters. The zero-order valence-corrected chi connectivity index (χ0v) is 14.0. The van der Waals surface area contributed by atoms with Crippen LogP contribution in [0.2, 0.25) is 0 Å². The number of piperidine rings is 1. The first-order valence-corrected chi connectivity index (χ1v) is 8.73. The minimum atomic E-state index is -0.156. The van der Waals surface area contributed by atoms with Gasteiger partial charge >= 0.3 is 0 Å². The van der Waals surface area contributed by atoms with E-state index in [4.69, 9.17) is 9.26 Å². The van der Waals surface area contributed by atoms with Crippen molar-refractivity contribution in [3.05, 3.63) is 17.5 Å². The van der Waals surface area contributed by atoms with E-state index >= 15 is 0 Å². The first-order chi connectivity index (χ1) is 11.1. The highest BCUT2D eigenvalue weighted by molar-refractivity contribution is 5.92. The van der Waals surface area contributed by atoms with Crippen LogP contribution in [0.4, 0.5) is 0 Å². The maximum absolute atomic E-state index is 12.5. The van der Waals surface area contributed by atoms with Gasteiger partial charge < -0.3 is 19.9 Å². The molecule has 1 amide bonds. The number of aromatic nitrogens is 1. The lowest BCUT2D eigenvalue weighted by Gasteiger charge is -2.31. The molecule has 0 spiro atoms. The Kier molecular flexibility index (Phi) is 5.33. The molecule has 0 bridgehead atoms. The van der Waals surface area contributed by atoms with Crippen LogP contribution in [0.5, 0.6) is 0 Å². The van der Waals surface area contributed by atoms with Gasteiger partial charge in [-0.1, -0.05) is 5.16 Å². The molecular weight excluding hydrogens is 294 g/mol. The number of carbonyl (C=O) groups is 1. The Morgan fingerprint density at radius 2 is 2.13 bits per heavy atom. The third-order valence-electron chi connectivity index (χ3n) is 4.62. The Balaban J connectivity index is 1.61. The third kappa shape index (κ3) is 4.54. The van der Waals surface area contributed by atoms with Crippen molar-refractivity contribution in [2.24, 2.45) is 5.92 Å². The molecule has 1 aromatic rings. The first kappa shape index (κ1) is 16.5. The molecule has 1 saturated carbocycles. The summed E-state index contributed by atoms with van der Waals surface area (Å²) in [7, 11) is 0. The number of hydrogen-bond donors (Lipinski definition) is 2. The van der Waals surface area contributed by atoms with E-state index in [1.807, 2.05) is 13.8 Å². The molecule has 128 valence electrons. The van der Waals surface area contributed by atoms with Crippen LogP contribution < -0.4 is 10.6 Å². The number of ether oxygens (including phenoxy) is 1. The van der Waals surface area contributed by atoms with Crippen LogP contribution in [-0.2, 0) is 4.74 Å². The van der Waals surface area contributed by atoms with E-state index < -0.39 is 0 Å². The monoisotopic (exact) mass is 321 g/mol. The Bertz CT molecular complexity index is 519. The quantitative estimate of drug-likeness (QED) is 0.804. The molecule has 2 heterocycles. The van der Waals surface area contributed by atoms with E-state index in [1.165, 1.54) is 0 Å². The fourth-order valence-electron chi connectivity index (χ4n) is 3.04. The highest BCUT2D eigenvalue weighted by atomic mass is 16.5. The second kappa shape index (κ2) is 7.45. The van der Waals surface area contributed by atoms with Gasteiger partial charge in [0.1, 0.15) is 5.76 Å². The Hall–Kier alpha value is -1.40. The molecule has 2 fully saturated rings. The minimum Gasteiger partial charge on any atom is -0.377 e. The summed E-state index contributed by atoms with van der Waals surface area (Å²) < 4.78 is 11.1. The van der Waals surface area contributed by atoms with Gasteiger partial charge in [-0.25, -0.2) is 0 Å². The zero-order chi connectivity index (χ0) is 16.2. The lowest BCUT2D eigenvalue weighted by Crippen LogP contribution is -2.47. The fourth-order valence-corrected chi connectivity index (χ4v) is 3.04. The normalized spacial score (nSPS) is 20.7. The van der Waals surface area contributed by atoms with E-state index in [0.717, 1.165) is 44.5 Å². The number of hydrogen-bond acceptors (Lipinski definition) is 5. The summed E-state index contributed by atoms with van der Waals surface area (Å²) in [6, 6.07) is 1.81. The van der Waals surface area contributed by atoms with Crippen LogP contribution in [-0.4, -0.2) is 42.9 Å². The van der Waals surface area contributed by atoms with Crippen LogP contribution in [0, 0.1) is 5.92 Å². The van der Waals surface area contributed by atoms with Gasteiger partial charge in [0.25, 0.3) is 5.91 Å². The maximum atomic E-state index is 12.5. The van der Waals surface area contributed by atoms with Gasteiger partial charge in [0.15, 0.2) is 5.69 Å². The molecule has 1 aromatic heterocycles. The number of rotatable bonds is 7. The average Bonchev–Trinajstić information content (AvgIpc) is 3.29. The summed E-state index contributed by atoms with van der Waals surface area (Å²) in [5, 5.41) is 10.4. The van der Waals surface area contributed by atoms with Gasteiger partial charge in [-0.05, 0) is 58.5 Å². The molecule has 0 aromatic carbocycles. The van der Waals surface area contributed by atoms with Gasteiger partial charge in [0.05, 0.1) is 18.8 Å². The van der Waals surface area contributed by atoms with Crippen molar-refractivity contribution in [3.8, 4) is 0 Å². The van der Waals surface area contributed by atoms with Gasteiger partial charge in [-0.3, -0.25) is 4.79 Å². The van der Waals surface area contributed by atoms with E-state index in [1.54, 1.807) is 6.07 Å². The van der Waals surface area contributed by atoms with Crippen molar-refractivity contribution in [1.29, 1.82) is 0 Å². The smallest absolute Gasteiger partial charge is 0.273 e. The van der Waals surface area contributed by atoms with Crippen molar-refractivity contribution in [1.82, 2.24) is 15.8 Å². The van der Waals surface area contributed by atoms with Gasteiger partial charge in [-0.2, -0.15) is 0 Å². The molecule has 3 rings (SSSR count). The number of amides is 1. The second-order valence-corrected chi connectivity index (χ2v) is 6.94. The van der Waals surface area contributed by atoms with Crippen LogP contribution in [0.25, 0.3) is 0 Å². The summed E-state index contributed by atoms with van der Waals surface area (Å²) >= 11 is 0. The summed E-state index contributed by atoms with van der Waals surface area (Å²) in [6.07, 6.45) is 4.54. The zero-order valence-electron chi connectivity index (χ0n) is 14.0. The summed E-state index contributed by atoms with van der Waals surface area (Å²) in [6.45, 7) is 6.56. The van der Waals surface area contributed by atoms with E-state index in [2.05, 4.69) is 15.8 Å². The summed E-state index contributed by atoms with van der Waals surface area (Å²) in [4.78, 5) is 12.5. The predicted molar refractivity (Wildman–Crippen MR) is 86.4 cm³/mol. The SMILES string of the molecule is CC(C)OCC(NC(=O)c1cc(C2CC2)on1)C1CCNCC1. The topological polar surface area (TPSA) is 76.4 Å². The molecule has 1 aliphatic carbocycles. The molecule has 1 aliphatic heterocycles. The van der Waals surface area contributed by atoms with Crippen molar-refractivity contribution in [2.45, 2.75) is 57.6 Å². The van der Waals surface area contributed by atoms with E-state index in [0.29, 0.717) is 24.1 Å². The maximum Gasteiger partial charge on any atom is 0.273 e. The molecular formula is C17H27N3O3. The lowest BCUT2D eigenvalue weighted by atomic mass is 9.90. The highest BCUT2D eigenvalue weighted by Crippen LogP contribution is 2.40. The molecule has 1 atom stereocenters. The first-order valence-electron chi connectivity index (χ1n) is 8.73. The molecule has 6 nitrogen and oxygen atoms in total. The van der Waals surface area contributed by atoms with Crippen LogP contribution >= 0.6 is 0 Å². The van der Waals surface area contributed by atoms with Crippen LogP contribution in [0.15, 0.2) is 10.6 Å². The van der Waals surface area contributed by atoms with E-state index in [9.17, 15) is 4.79 Å². The summed E-state index contributed by atoms with van der Waals surface area (Å²) in [5.41, 5.74) is 0.385.